The van der Waals surface area contributed by atoms with Crippen molar-refractivity contribution in [2.24, 2.45) is 5.14 Å². The number of pyridine rings is 1. The highest BCUT2D eigenvalue weighted by Crippen LogP contribution is 2.25. The number of hydrogen-bond acceptors (Lipinski definition) is 6. The fourth-order valence-electron chi connectivity index (χ4n) is 1.06. The first-order chi connectivity index (χ1) is 8.21. The van der Waals surface area contributed by atoms with E-state index in [4.69, 9.17) is 5.14 Å². The Bertz CT molecular complexity index is 562. The first kappa shape index (κ1) is 14.8. The summed E-state index contributed by atoms with van der Waals surface area (Å²) in [5.41, 5.74) is -0.244. The molecule has 0 aromatic carbocycles. The number of halogens is 1. The third-order valence-electron chi connectivity index (χ3n) is 2.15. The van der Waals surface area contributed by atoms with Crippen LogP contribution in [0, 0.1) is 10.1 Å². The lowest BCUT2D eigenvalue weighted by molar-refractivity contribution is -0.384. The fraction of sp³-hybridized carbons (Fsp3) is 0.375. The number of rotatable bonds is 5. The molecule has 1 atom stereocenters. The minimum atomic E-state index is -3.68. The van der Waals surface area contributed by atoms with Gasteiger partial charge in [0.15, 0.2) is 0 Å². The molecule has 18 heavy (non-hydrogen) atoms. The Morgan fingerprint density at radius 3 is 2.78 bits per heavy atom. The highest BCUT2D eigenvalue weighted by Gasteiger charge is 2.19. The monoisotopic (exact) mass is 338 g/mol. The van der Waals surface area contributed by atoms with Crippen LogP contribution in [0.25, 0.3) is 0 Å². The molecular weight excluding hydrogens is 328 g/mol. The number of hydrogen-bond donors (Lipinski definition) is 2. The normalized spacial score (nSPS) is 13.1. The number of aromatic nitrogens is 1. The molecule has 0 bridgehead atoms. The predicted molar refractivity (Wildman–Crippen MR) is 69.7 cm³/mol. The molecule has 0 unspecified atom stereocenters. The summed E-state index contributed by atoms with van der Waals surface area (Å²) in [4.78, 5) is 14.0. The lowest BCUT2D eigenvalue weighted by Crippen LogP contribution is -2.32. The zero-order chi connectivity index (χ0) is 13.9. The van der Waals surface area contributed by atoms with Crippen molar-refractivity contribution in [3.63, 3.8) is 0 Å². The zero-order valence-electron chi connectivity index (χ0n) is 9.33. The van der Waals surface area contributed by atoms with E-state index >= 15 is 0 Å². The van der Waals surface area contributed by atoms with Crippen molar-refractivity contribution in [3.8, 4) is 0 Å². The minimum Gasteiger partial charge on any atom is -0.363 e. The Kier molecular flexibility index (Phi) is 4.59. The van der Waals surface area contributed by atoms with Crippen molar-refractivity contribution >= 4 is 37.5 Å². The standard InChI is InChI=1S/C8H11BrN4O4S/c1-5(18(10,16)17)3-11-8-7(13(14)15)2-6(9)4-12-8/h2,4-5H,3H2,1H3,(H,11,12)(H2,10,16,17)/t5-/m0/s1. The Labute approximate surface area is 112 Å². The molecule has 0 fully saturated rings. The van der Waals surface area contributed by atoms with Crippen LogP contribution in [-0.2, 0) is 10.0 Å². The van der Waals surface area contributed by atoms with E-state index in [-0.39, 0.29) is 18.1 Å². The van der Waals surface area contributed by atoms with Crippen molar-refractivity contribution in [2.75, 3.05) is 11.9 Å². The van der Waals surface area contributed by atoms with E-state index in [1.807, 2.05) is 0 Å². The first-order valence-electron chi connectivity index (χ1n) is 4.77. The quantitative estimate of drug-likeness (QED) is 0.604. The second kappa shape index (κ2) is 5.59. The van der Waals surface area contributed by atoms with E-state index < -0.39 is 20.2 Å². The molecule has 8 nitrogen and oxygen atoms in total. The van der Waals surface area contributed by atoms with Gasteiger partial charge in [0, 0.05) is 23.3 Å². The van der Waals surface area contributed by atoms with E-state index in [2.05, 4.69) is 26.2 Å². The summed E-state index contributed by atoms with van der Waals surface area (Å²) in [5.74, 6) is -0.00120. The van der Waals surface area contributed by atoms with Crippen molar-refractivity contribution in [2.45, 2.75) is 12.2 Å². The van der Waals surface area contributed by atoms with Crippen LogP contribution in [-0.4, -0.2) is 30.1 Å². The van der Waals surface area contributed by atoms with Gasteiger partial charge in [-0.05, 0) is 22.9 Å². The third-order valence-corrected chi connectivity index (χ3v) is 3.87. The van der Waals surface area contributed by atoms with Gasteiger partial charge in [-0.25, -0.2) is 18.5 Å². The second-order valence-corrected chi connectivity index (χ2v) is 6.46. The summed E-state index contributed by atoms with van der Waals surface area (Å²) in [6.07, 6.45) is 1.37. The molecule has 0 aliphatic rings. The molecule has 10 heteroatoms. The Balaban J connectivity index is 2.89. The number of nitrogens with two attached hydrogens (primary N) is 1. The average molecular weight is 339 g/mol. The summed E-state index contributed by atoms with van der Waals surface area (Å²) >= 11 is 3.07. The summed E-state index contributed by atoms with van der Waals surface area (Å²) < 4.78 is 22.5. The van der Waals surface area contributed by atoms with E-state index in [1.54, 1.807) is 0 Å². The number of nitrogens with zero attached hydrogens (tertiary/aromatic N) is 2. The summed E-state index contributed by atoms with van der Waals surface area (Å²) in [7, 11) is -3.68. The zero-order valence-corrected chi connectivity index (χ0v) is 11.7. The van der Waals surface area contributed by atoms with Crippen molar-refractivity contribution < 1.29 is 13.3 Å². The van der Waals surface area contributed by atoms with Crippen molar-refractivity contribution in [1.29, 1.82) is 0 Å². The average Bonchev–Trinajstić information content (AvgIpc) is 2.25. The summed E-state index contributed by atoms with van der Waals surface area (Å²) in [6.45, 7) is 1.33. The minimum absolute atomic E-state index is 0.00120. The van der Waals surface area contributed by atoms with Gasteiger partial charge in [-0.3, -0.25) is 10.1 Å². The Morgan fingerprint density at radius 2 is 2.28 bits per heavy atom. The molecule has 1 heterocycles. The summed E-state index contributed by atoms with van der Waals surface area (Å²) in [5, 5.41) is 17.4. The molecule has 100 valence electrons. The number of primary sulfonamides is 1. The molecule has 0 spiro atoms. The second-order valence-electron chi connectivity index (χ2n) is 3.56. The van der Waals surface area contributed by atoms with Gasteiger partial charge in [-0.2, -0.15) is 0 Å². The topological polar surface area (TPSA) is 128 Å². The van der Waals surface area contributed by atoms with Crippen LogP contribution >= 0.6 is 15.9 Å². The van der Waals surface area contributed by atoms with Crippen LogP contribution in [0.3, 0.4) is 0 Å². The van der Waals surface area contributed by atoms with Crippen LogP contribution in [0.1, 0.15) is 6.92 Å². The van der Waals surface area contributed by atoms with Crippen LogP contribution in [0.2, 0.25) is 0 Å². The van der Waals surface area contributed by atoms with Gasteiger partial charge in [0.25, 0.3) is 0 Å². The molecular formula is C8H11BrN4O4S. The smallest absolute Gasteiger partial charge is 0.312 e. The molecule has 0 amide bonds. The van der Waals surface area contributed by atoms with Gasteiger partial charge in [0.05, 0.1) is 10.2 Å². The Morgan fingerprint density at radius 1 is 1.67 bits per heavy atom. The van der Waals surface area contributed by atoms with Crippen molar-refractivity contribution in [1.82, 2.24) is 4.98 Å². The van der Waals surface area contributed by atoms with Gasteiger partial charge >= 0.3 is 5.69 Å². The number of nitrogens with one attached hydrogen (secondary N) is 1. The maximum absolute atomic E-state index is 11.0. The molecule has 0 aliphatic carbocycles. The highest BCUT2D eigenvalue weighted by atomic mass is 79.9. The lowest BCUT2D eigenvalue weighted by Gasteiger charge is -2.10. The van der Waals surface area contributed by atoms with Gasteiger partial charge in [-0.1, -0.05) is 0 Å². The van der Waals surface area contributed by atoms with Crippen LogP contribution in [0.15, 0.2) is 16.7 Å². The number of nitro groups is 1. The molecule has 1 aromatic heterocycles. The van der Waals surface area contributed by atoms with Crippen molar-refractivity contribution in [3.05, 3.63) is 26.9 Å². The SMILES string of the molecule is C[C@@H](CNc1ncc(Br)cc1[N+](=O)[O-])S(N)(=O)=O. The predicted octanol–water partition coefficient (Wildman–Crippen LogP) is 0.841. The van der Waals surface area contributed by atoms with Crippen LogP contribution < -0.4 is 10.5 Å². The largest absolute Gasteiger partial charge is 0.363 e. The number of sulfonamides is 1. The maximum Gasteiger partial charge on any atom is 0.312 e. The third kappa shape index (κ3) is 3.89. The maximum atomic E-state index is 11.0. The van der Waals surface area contributed by atoms with Gasteiger partial charge in [0.1, 0.15) is 0 Å². The van der Waals surface area contributed by atoms with E-state index in [1.165, 1.54) is 19.2 Å². The molecule has 0 saturated heterocycles. The molecule has 0 saturated carbocycles. The van der Waals surface area contributed by atoms with Crippen LogP contribution in [0.5, 0.6) is 0 Å². The molecule has 0 radical (unpaired) electrons. The molecule has 1 aromatic rings. The summed E-state index contributed by atoms with van der Waals surface area (Å²) in [6, 6.07) is 1.27. The Hall–Kier alpha value is -1.26. The van der Waals surface area contributed by atoms with Gasteiger partial charge in [-0.15, -0.1) is 0 Å². The fourth-order valence-corrected chi connectivity index (χ4v) is 1.70. The number of anilines is 1. The van der Waals surface area contributed by atoms with Gasteiger partial charge < -0.3 is 5.32 Å². The lowest BCUT2D eigenvalue weighted by atomic mass is 10.4. The van der Waals surface area contributed by atoms with E-state index in [0.717, 1.165) is 0 Å². The first-order valence-corrected chi connectivity index (χ1v) is 7.17. The van der Waals surface area contributed by atoms with E-state index in [9.17, 15) is 18.5 Å². The van der Waals surface area contributed by atoms with Crippen LogP contribution in [0.4, 0.5) is 11.5 Å². The molecule has 1 rings (SSSR count). The van der Waals surface area contributed by atoms with Gasteiger partial charge in [0.2, 0.25) is 15.8 Å². The highest BCUT2D eigenvalue weighted by molar-refractivity contribution is 9.10. The van der Waals surface area contributed by atoms with E-state index in [0.29, 0.717) is 4.47 Å². The molecule has 3 N–H and O–H groups in total. The molecule has 0 aliphatic heterocycles.